The number of thiophene rings is 1. The van der Waals surface area contributed by atoms with Crippen LogP contribution in [0.2, 0.25) is 0 Å². The van der Waals surface area contributed by atoms with Gasteiger partial charge in [-0.3, -0.25) is 4.79 Å². The van der Waals surface area contributed by atoms with Crippen molar-refractivity contribution in [3.63, 3.8) is 0 Å². The second kappa shape index (κ2) is 3.81. The molecule has 0 bridgehead atoms. The summed E-state index contributed by atoms with van der Waals surface area (Å²) in [5.74, 6) is -0.818. The smallest absolute Gasteiger partial charge is 0.304 e. The van der Waals surface area contributed by atoms with Crippen LogP contribution in [0.15, 0.2) is 11.4 Å². The molecule has 0 radical (unpaired) electrons. The maximum Gasteiger partial charge on any atom is 0.304 e. The minimum Gasteiger partial charge on any atom is -0.481 e. The number of hydrogen-bond acceptors (Lipinski definition) is 3. The average Bonchev–Trinajstić information content (AvgIpc) is 2.49. The lowest BCUT2D eigenvalue weighted by Crippen LogP contribution is -2.20. The quantitative estimate of drug-likeness (QED) is 0.831. The van der Waals surface area contributed by atoms with Gasteiger partial charge in [0.05, 0.1) is 12.0 Å². The minimum atomic E-state index is -0.818. The molecule has 1 heterocycles. The first-order valence-corrected chi connectivity index (χ1v) is 5.04. The maximum atomic E-state index is 10.6. The molecular formula is C10H11NO2S. The van der Waals surface area contributed by atoms with Gasteiger partial charge in [0.15, 0.2) is 0 Å². The van der Waals surface area contributed by atoms with Gasteiger partial charge in [-0.25, -0.2) is 0 Å². The highest BCUT2D eigenvalue weighted by Crippen LogP contribution is 2.31. The molecule has 1 aromatic heterocycles. The van der Waals surface area contributed by atoms with Crippen molar-refractivity contribution in [2.45, 2.75) is 25.7 Å². The van der Waals surface area contributed by atoms with Crippen LogP contribution >= 0.6 is 11.3 Å². The predicted molar refractivity (Wildman–Crippen MR) is 54.3 cm³/mol. The van der Waals surface area contributed by atoms with Gasteiger partial charge in [0.1, 0.15) is 6.07 Å². The van der Waals surface area contributed by atoms with Crippen LogP contribution in [-0.2, 0) is 10.2 Å². The van der Waals surface area contributed by atoms with Gasteiger partial charge in [-0.05, 0) is 6.07 Å². The molecule has 0 aliphatic rings. The van der Waals surface area contributed by atoms with Crippen molar-refractivity contribution >= 4 is 17.3 Å². The van der Waals surface area contributed by atoms with Crippen LogP contribution in [0.4, 0.5) is 0 Å². The van der Waals surface area contributed by atoms with E-state index < -0.39 is 11.4 Å². The Hall–Kier alpha value is -1.34. The molecule has 0 atom stereocenters. The van der Waals surface area contributed by atoms with Crippen molar-refractivity contribution in [3.05, 3.63) is 21.9 Å². The number of carboxylic acids is 1. The first-order chi connectivity index (χ1) is 6.45. The Morgan fingerprint density at radius 1 is 1.71 bits per heavy atom. The van der Waals surface area contributed by atoms with E-state index in [9.17, 15) is 4.79 Å². The van der Waals surface area contributed by atoms with Gasteiger partial charge >= 0.3 is 5.97 Å². The molecule has 0 fully saturated rings. The second-order valence-electron chi connectivity index (χ2n) is 3.77. The maximum absolute atomic E-state index is 10.6. The zero-order chi connectivity index (χ0) is 10.8. The fourth-order valence-electron chi connectivity index (χ4n) is 1.21. The van der Waals surface area contributed by atoms with Gasteiger partial charge in [-0.2, -0.15) is 5.26 Å². The van der Waals surface area contributed by atoms with Crippen LogP contribution in [0.3, 0.4) is 0 Å². The van der Waals surface area contributed by atoms with Crippen LogP contribution in [0.1, 0.15) is 30.7 Å². The van der Waals surface area contributed by atoms with Gasteiger partial charge in [0, 0.05) is 15.7 Å². The standard InChI is InChI=1S/C10H11NO2S/c1-10(2,4-9(12)13)8-3-7(5-11)6-14-8/h3,6H,4H2,1-2H3,(H,12,13). The van der Waals surface area contributed by atoms with Crippen LogP contribution in [0, 0.1) is 11.3 Å². The number of aliphatic carboxylic acids is 1. The number of nitriles is 1. The fraction of sp³-hybridized carbons (Fsp3) is 0.400. The van der Waals surface area contributed by atoms with Gasteiger partial charge < -0.3 is 5.11 Å². The molecule has 0 aromatic carbocycles. The zero-order valence-electron chi connectivity index (χ0n) is 8.07. The molecule has 0 aliphatic carbocycles. The topological polar surface area (TPSA) is 61.1 Å². The molecule has 3 nitrogen and oxygen atoms in total. The highest BCUT2D eigenvalue weighted by Gasteiger charge is 2.25. The monoisotopic (exact) mass is 209 g/mol. The average molecular weight is 209 g/mol. The summed E-state index contributed by atoms with van der Waals surface area (Å²) >= 11 is 1.44. The molecular weight excluding hydrogens is 198 g/mol. The molecule has 1 aromatic rings. The summed E-state index contributed by atoms with van der Waals surface area (Å²) in [5.41, 5.74) is 0.203. The van der Waals surface area contributed by atoms with E-state index in [4.69, 9.17) is 10.4 Å². The van der Waals surface area contributed by atoms with E-state index in [0.29, 0.717) is 5.56 Å². The third kappa shape index (κ3) is 2.33. The Morgan fingerprint density at radius 2 is 2.36 bits per heavy atom. The van der Waals surface area contributed by atoms with Crippen LogP contribution in [0.5, 0.6) is 0 Å². The third-order valence-electron chi connectivity index (χ3n) is 1.99. The molecule has 0 unspecified atom stereocenters. The summed E-state index contributed by atoms with van der Waals surface area (Å²) in [6.45, 7) is 3.74. The van der Waals surface area contributed by atoms with Gasteiger partial charge in [0.25, 0.3) is 0 Å². The summed E-state index contributed by atoms with van der Waals surface area (Å²) in [4.78, 5) is 11.5. The first kappa shape index (κ1) is 10.7. The number of nitrogens with zero attached hydrogens (tertiary/aromatic N) is 1. The fourth-order valence-corrected chi connectivity index (χ4v) is 2.18. The van der Waals surface area contributed by atoms with Crippen LogP contribution in [-0.4, -0.2) is 11.1 Å². The molecule has 4 heteroatoms. The summed E-state index contributed by atoms with van der Waals surface area (Å²) in [6.07, 6.45) is 0.0817. The predicted octanol–water partition coefficient (Wildman–Crippen LogP) is 2.37. The van der Waals surface area contributed by atoms with Crippen molar-refractivity contribution in [2.24, 2.45) is 0 Å². The zero-order valence-corrected chi connectivity index (χ0v) is 8.89. The number of carboxylic acid groups (broad SMARTS) is 1. The van der Waals surface area contributed by atoms with Gasteiger partial charge in [0.2, 0.25) is 0 Å². The lowest BCUT2D eigenvalue weighted by molar-refractivity contribution is -0.138. The Labute approximate surface area is 86.6 Å². The molecule has 1 N–H and O–H groups in total. The van der Waals surface area contributed by atoms with Gasteiger partial charge in [-0.15, -0.1) is 11.3 Å². The highest BCUT2D eigenvalue weighted by atomic mass is 32.1. The van der Waals surface area contributed by atoms with E-state index in [1.807, 2.05) is 19.9 Å². The number of hydrogen-bond donors (Lipinski definition) is 1. The molecule has 74 valence electrons. The second-order valence-corrected chi connectivity index (χ2v) is 4.68. The molecule has 14 heavy (non-hydrogen) atoms. The van der Waals surface area contributed by atoms with E-state index in [2.05, 4.69) is 0 Å². The highest BCUT2D eigenvalue weighted by molar-refractivity contribution is 7.10. The van der Waals surface area contributed by atoms with E-state index in [1.165, 1.54) is 11.3 Å². The molecule has 0 aliphatic heterocycles. The lowest BCUT2D eigenvalue weighted by Gasteiger charge is -2.20. The van der Waals surface area contributed by atoms with Crippen molar-refractivity contribution in [2.75, 3.05) is 0 Å². The van der Waals surface area contributed by atoms with E-state index >= 15 is 0 Å². The number of carbonyl (C=O) groups is 1. The first-order valence-electron chi connectivity index (χ1n) is 4.16. The van der Waals surface area contributed by atoms with Crippen molar-refractivity contribution < 1.29 is 9.90 Å². The van der Waals surface area contributed by atoms with E-state index in [0.717, 1.165) is 4.88 Å². The summed E-state index contributed by atoms with van der Waals surface area (Å²) in [6, 6.07) is 3.79. The normalized spacial score (nSPS) is 10.9. The largest absolute Gasteiger partial charge is 0.481 e. The summed E-state index contributed by atoms with van der Waals surface area (Å²) in [7, 11) is 0. The minimum absolute atomic E-state index is 0.0817. The molecule has 0 saturated heterocycles. The summed E-state index contributed by atoms with van der Waals surface area (Å²) < 4.78 is 0. The molecule has 1 rings (SSSR count). The van der Waals surface area contributed by atoms with Gasteiger partial charge in [-0.1, -0.05) is 13.8 Å². The van der Waals surface area contributed by atoms with E-state index in [-0.39, 0.29) is 6.42 Å². The summed E-state index contributed by atoms with van der Waals surface area (Å²) in [5, 5.41) is 19.1. The van der Waals surface area contributed by atoms with Crippen LogP contribution < -0.4 is 0 Å². The molecule has 0 saturated carbocycles. The lowest BCUT2D eigenvalue weighted by atomic mass is 9.87. The van der Waals surface area contributed by atoms with Crippen molar-refractivity contribution in [3.8, 4) is 6.07 Å². The van der Waals surface area contributed by atoms with E-state index in [1.54, 1.807) is 11.4 Å². The van der Waals surface area contributed by atoms with Crippen molar-refractivity contribution in [1.82, 2.24) is 0 Å². The Morgan fingerprint density at radius 3 is 2.79 bits per heavy atom. The Bertz CT molecular complexity index is 387. The molecule has 0 amide bonds. The Balaban J connectivity index is 2.92. The molecule has 0 spiro atoms. The number of rotatable bonds is 3. The van der Waals surface area contributed by atoms with Crippen LogP contribution in [0.25, 0.3) is 0 Å². The van der Waals surface area contributed by atoms with Crippen molar-refractivity contribution in [1.29, 1.82) is 5.26 Å². The Kier molecular flexibility index (Phi) is 2.92. The third-order valence-corrected chi connectivity index (χ3v) is 3.28. The SMILES string of the molecule is CC(C)(CC(=O)O)c1cc(C#N)cs1.